The average molecular weight is 561 g/mol. The van der Waals surface area contributed by atoms with Crippen LogP contribution in [0.15, 0.2) is 53.1 Å². The van der Waals surface area contributed by atoms with Crippen molar-refractivity contribution in [1.29, 1.82) is 0 Å². The number of ether oxygens (including phenoxy) is 2. The highest BCUT2D eigenvalue weighted by Gasteiger charge is 2.28. The predicted octanol–water partition coefficient (Wildman–Crippen LogP) is 4.56. The lowest BCUT2D eigenvalue weighted by Crippen LogP contribution is -2.48. The monoisotopic (exact) mass is 560 g/mol. The number of nitrogens with zero attached hydrogens (tertiary/aromatic N) is 3. The van der Waals surface area contributed by atoms with E-state index in [1.54, 1.807) is 13.4 Å². The molecule has 2 fully saturated rings. The normalized spacial score (nSPS) is 18.7. The molecule has 4 aromatic rings. The molecule has 0 saturated carbocycles. The first-order valence-corrected chi connectivity index (χ1v) is 14.7. The molecule has 6 rings (SSSR count). The zero-order valence-electron chi connectivity index (χ0n) is 23.9. The molecule has 2 aliphatic rings. The van der Waals surface area contributed by atoms with Gasteiger partial charge in [0, 0.05) is 55.8 Å². The van der Waals surface area contributed by atoms with E-state index in [1.807, 2.05) is 42.5 Å². The van der Waals surface area contributed by atoms with Gasteiger partial charge in [-0.05, 0) is 62.9 Å². The molecule has 2 aliphatic heterocycles. The highest BCUT2D eigenvalue weighted by molar-refractivity contribution is 6.00. The number of hydrogen-bond donors (Lipinski definition) is 2. The molecule has 3 N–H and O–H groups in total. The van der Waals surface area contributed by atoms with Crippen LogP contribution in [0.2, 0.25) is 0 Å². The molecule has 4 heterocycles. The lowest BCUT2D eigenvalue weighted by atomic mass is 10.0. The van der Waals surface area contributed by atoms with E-state index in [9.17, 15) is 9.90 Å². The van der Waals surface area contributed by atoms with Crippen molar-refractivity contribution in [2.24, 2.45) is 5.73 Å². The molecule has 9 heteroatoms. The van der Waals surface area contributed by atoms with Gasteiger partial charge in [0.1, 0.15) is 29.4 Å². The number of methoxy groups -OCH3 is 1. The number of furan rings is 1. The Kier molecular flexibility index (Phi) is 7.92. The number of fused-ring (bicyclic) bond motifs is 2. The minimum absolute atomic E-state index is 0.148. The summed E-state index contributed by atoms with van der Waals surface area (Å²) in [6.45, 7) is 7.47. The van der Waals surface area contributed by atoms with Crippen LogP contribution in [-0.2, 0) is 6.61 Å². The Balaban J connectivity index is 1.18. The molecule has 1 atom stereocenters. The van der Waals surface area contributed by atoms with E-state index in [0.717, 1.165) is 91.6 Å². The Labute approximate surface area is 240 Å². The van der Waals surface area contributed by atoms with Gasteiger partial charge in [0.05, 0.1) is 30.4 Å². The number of hydrogen-bond acceptors (Lipinski definition) is 7. The first kappa shape index (κ1) is 27.6. The van der Waals surface area contributed by atoms with Crippen LogP contribution < -0.4 is 15.2 Å². The van der Waals surface area contributed by atoms with Gasteiger partial charge < -0.3 is 34.2 Å². The van der Waals surface area contributed by atoms with Crippen molar-refractivity contribution in [2.75, 3.05) is 39.8 Å². The summed E-state index contributed by atoms with van der Waals surface area (Å²) in [6.07, 6.45) is 5.17. The Bertz CT molecular complexity index is 1510. The first-order chi connectivity index (χ1) is 19.9. The summed E-state index contributed by atoms with van der Waals surface area (Å²) in [5.41, 5.74) is 9.03. The largest absolute Gasteiger partial charge is 0.496 e. The van der Waals surface area contributed by atoms with Crippen molar-refractivity contribution < 1.29 is 23.8 Å². The Hall–Kier alpha value is -3.53. The number of aromatic nitrogens is 1. The van der Waals surface area contributed by atoms with Crippen LogP contribution in [-0.4, -0.2) is 77.4 Å². The minimum atomic E-state index is -0.430. The Morgan fingerprint density at radius 2 is 1.80 bits per heavy atom. The van der Waals surface area contributed by atoms with E-state index in [1.165, 1.54) is 0 Å². The predicted molar refractivity (Wildman–Crippen MR) is 159 cm³/mol. The average Bonchev–Trinajstić information content (AvgIpc) is 3.59. The lowest BCUT2D eigenvalue weighted by molar-refractivity contribution is 0.0493. The number of amides is 1. The fraction of sp³-hybridized carbons (Fsp3) is 0.469. The van der Waals surface area contributed by atoms with Crippen molar-refractivity contribution in [3.05, 3.63) is 60.0 Å². The number of aliphatic hydroxyl groups is 1. The number of benzene rings is 2. The summed E-state index contributed by atoms with van der Waals surface area (Å²) < 4.78 is 19.7. The van der Waals surface area contributed by atoms with Crippen LogP contribution in [0.1, 0.15) is 54.7 Å². The van der Waals surface area contributed by atoms with Crippen molar-refractivity contribution in [2.45, 2.75) is 57.4 Å². The van der Waals surface area contributed by atoms with E-state index in [4.69, 9.17) is 19.6 Å². The van der Waals surface area contributed by atoms with E-state index < -0.39 is 5.91 Å². The van der Waals surface area contributed by atoms with E-state index in [2.05, 4.69) is 21.3 Å². The van der Waals surface area contributed by atoms with E-state index >= 15 is 0 Å². The molecule has 2 aromatic heterocycles. The zero-order valence-corrected chi connectivity index (χ0v) is 23.9. The molecule has 0 unspecified atom stereocenters. The molecular weight excluding hydrogens is 520 g/mol. The van der Waals surface area contributed by atoms with Crippen LogP contribution in [0.5, 0.6) is 11.5 Å². The second-order valence-corrected chi connectivity index (χ2v) is 11.5. The van der Waals surface area contributed by atoms with Gasteiger partial charge in [-0.2, -0.15) is 0 Å². The first-order valence-electron chi connectivity index (χ1n) is 14.7. The topological polar surface area (TPSA) is 106 Å². The SMILES string of the molecule is COc1cccc2occ(COc3cccc4c3cc(C(N)=O)n4C3CCN(C[C@H](C)N4CCC(O)CC4)CC3)c12. The van der Waals surface area contributed by atoms with Gasteiger partial charge in [-0.1, -0.05) is 12.1 Å². The summed E-state index contributed by atoms with van der Waals surface area (Å²) in [4.78, 5) is 17.6. The Morgan fingerprint density at radius 3 is 2.54 bits per heavy atom. The smallest absolute Gasteiger partial charge is 0.265 e. The maximum Gasteiger partial charge on any atom is 0.265 e. The summed E-state index contributed by atoms with van der Waals surface area (Å²) in [6, 6.07) is 14.2. The Morgan fingerprint density at radius 1 is 1.07 bits per heavy atom. The van der Waals surface area contributed by atoms with Crippen molar-refractivity contribution >= 4 is 27.8 Å². The molecule has 2 saturated heterocycles. The number of carbonyl (C=O) groups excluding carboxylic acids is 1. The molecule has 9 nitrogen and oxygen atoms in total. The molecule has 41 heavy (non-hydrogen) atoms. The highest BCUT2D eigenvalue weighted by Crippen LogP contribution is 2.36. The van der Waals surface area contributed by atoms with Crippen molar-refractivity contribution in [3.8, 4) is 11.5 Å². The maximum atomic E-state index is 12.6. The molecule has 0 radical (unpaired) electrons. The summed E-state index contributed by atoms with van der Waals surface area (Å²) in [5.74, 6) is 1.01. The summed E-state index contributed by atoms with van der Waals surface area (Å²) >= 11 is 0. The van der Waals surface area contributed by atoms with Crippen LogP contribution in [0.3, 0.4) is 0 Å². The fourth-order valence-corrected chi connectivity index (χ4v) is 6.66. The highest BCUT2D eigenvalue weighted by atomic mass is 16.5. The third kappa shape index (κ3) is 5.54. The maximum absolute atomic E-state index is 12.6. The van der Waals surface area contributed by atoms with E-state index in [-0.39, 0.29) is 12.1 Å². The molecule has 0 bridgehead atoms. The third-order valence-corrected chi connectivity index (χ3v) is 8.90. The van der Waals surface area contributed by atoms with Gasteiger partial charge in [0.25, 0.3) is 5.91 Å². The number of piperidine rings is 2. The van der Waals surface area contributed by atoms with Gasteiger partial charge in [-0.25, -0.2) is 0 Å². The fourth-order valence-electron chi connectivity index (χ4n) is 6.66. The molecule has 218 valence electrons. The van der Waals surface area contributed by atoms with Crippen molar-refractivity contribution in [1.82, 2.24) is 14.4 Å². The van der Waals surface area contributed by atoms with Crippen LogP contribution in [0, 0.1) is 0 Å². The number of rotatable bonds is 9. The van der Waals surface area contributed by atoms with Crippen LogP contribution >= 0.6 is 0 Å². The zero-order chi connectivity index (χ0) is 28.5. The summed E-state index contributed by atoms with van der Waals surface area (Å²) in [5, 5.41) is 11.6. The molecule has 1 amide bonds. The van der Waals surface area contributed by atoms with Crippen LogP contribution in [0.4, 0.5) is 0 Å². The third-order valence-electron chi connectivity index (χ3n) is 8.90. The molecule has 0 spiro atoms. The van der Waals surface area contributed by atoms with Crippen molar-refractivity contribution in [3.63, 3.8) is 0 Å². The number of carbonyl (C=O) groups is 1. The van der Waals surface area contributed by atoms with Gasteiger partial charge in [0.15, 0.2) is 0 Å². The number of aliphatic hydroxyl groups excluding tert-OH is 1. The van der Waals surface area contributed by atoms with E-state index in [0.29, 0.717) is 24.1 Å². The second-order valence-electron chi connectivity index (χ2n) is 11.5. The number of primary amides is 1. The quantitative estimate of drug-likeness (QED) is 0.309. The van der Waals surface area contributed by atoms with Crippen LogP contribution in [0.25, 0.3) is 21.9 Å². The number of nitrogens with two attached hydrogens (primary N) is 1. The number of likely N-dealkylation sites (tertiary alicyclic amines) is 2. The molecular formula is C32H40N4O5. The van der Waals surface area contributed by atoms with Gasteiger partial charge >= 0.3 is 0 Å². The standard InChI is InChI=1S/C32H40N4O5/c1-21(35-15-11-24(37)12-16-35)18-34-13-9-23(10-14-34)36-26-5-3-6-28(25(26)17-27(36)32(33)38)40-19-22-20-41-30-8-4-7-29(39-2)31(22)30/h3-8,17,20-21,23-24,37H,9-16,18-19H2,1-2H3,(H2,33,38)/t21-/m0/s1. The molecule has 0 aliphatic carbocycles. The van der Waals surface area contributed by atoms with Gasteiger partial charge in [-0.3, -0.25) is 9.69 Å². The van der Waals surface area contributed by atoms with Gasteiger partial charge in [-0.15, -0.1) is 0 Å². The molecule has 2 aromatic carbocycles. The lowest BCUT2D eigenvalue weighted by Gasteiger charge is -2.39. The summed E-state index contributed by atoms with van der Waals surface area (Å²) in [7, 11) is 1.65. The van der Waals surface area contributed by atoms with Gasteiger partial charge in [0.2, 0.25) is 0 Å². The minimum Gasteiger partial charge on any atom is -0.496 e. The second kappa shape index (κ2) is 11.8.